The van der Waals surface area contributed by atoms with Gasteiger partial charge in [0.25, 0.3) is 0 Å². The summed E-state index contributed by atoms with van der Waals surface area (Å²) in [5.41, 5.74) is 0. The van der Waals surface area contributed by atoms with E-state index >= 15 is 0 Å². The van der Waals surface area contributed by atoms with Crippen molar-refractivity contribution in [1.82, 2.24) is 0 Å². The highest BCUT2D eigenvalue weighted by atomic mass is 16.3. The van der Waals surface area contributed by atoms with E-state index in [-0.39, 0.29) is 6.10 Å². The minimum absolute atomic E-state index is 0.0596. The van der Waals surface area contributed by atoms with E-state index in [4.69, 9.17) is 0 Å². The summed E-state index contributed by atoms with van der Waals surface area (Å²) in [5, 5.41) is 9.43. The molecule has 0 aromatic carbocycles. The molecular formula is C12H26O. The Labute approximate surface area is 83.5 Å². The van der Waals surface area contributed by atoms with Gasteiger partial charge >= 0.3 is 0 Å². The number of rotatable bonds is 8. The average Bonchev–Trinajstić information content (AvgIpc) is 2.17. The van der Waals surface area contributed by atoms with Crippen LogP contribution in [0.25, 0.3) is 0 Å². The third-order valence-corrected chi connectivity index (χ3v) is 2.92. The Morgan fingerprint density at radius 2 is 1.62 bits per heavy atom. The highest BCUT2D eigenvalue weighted by Crippen LogP contribution is 2.19. The van der Waals surface area contributed by atoms with E-state index in [9.17, 15) is 5.11 Å². The monoisotopic (exact) mass is 186 g/mol. The highest BCUT2D eigenvalue weighted by molar-refractivity contribution is 4.61. The molecule has 1 nitrogen and oxygen atoms in total. The summed E-state index contributed by atoms with van der Waals surface area (Å²) in [5.74, 6) is 0.848. The molecule has 0 rings (SSSR count). The second-order valence-corrected chi connectivity index (χ2v) is 4.06. The summed E-state index contributed by atoms with van der Waals surface area (Å²) >= 11 is 0. The zero-order valence-corrected chi connectivity index (χ0v) is 9.55. The van der Waals surface area contributed by atoms with E-state index < -0.39 is 0 Å². The van der Waals surface area contributed by atoms with Crippen molar-refractivity contribution in [1.29, 1.82) is 0 Å². The van der Waals surface area contributed by atoms with Crippen LogP contribution in [0.3, 0.4) is 0 Å². The molecule has 0 saturated heterocycles. The van der Waals surface area contributed by atoms with Crippen molar-refractivity contribution < 1.29 is 5.11 Å². The van der Waals surface area contributed by atoms with Crippen molar-refractivity contribution >= 4 is 0 Å². The Morgan fingerprint density at radius 1 is 0.923 bits per heavy atom. The lowest BCUT2D eigenvalue weighted by atomic mass is 9.93. The summed E-state index contributed by atoms with van der Waals surface area (Å²) in [6.07, 6.45) is 8.33. The van der Waals surface area contributed by atoms with E-state index in [0.717, 1.165) is 18.8 Å². The molecule has 0 bridgehead atoms. The van der Waals surface area contributed by atoms with Crippen molar-refractivity contribution in [3.8, 4) is 0 Å². The molecule has 0 saturated carbocycles. The fourth-order valence-electron chi connectivity index (χ4n) is 1.68. The molecule has 0 unspecified atom stereocenters. The molecule has 0 heterocycles. The van der Waals surface area contributed by atoms with E-state index in [0.29, 0.717) is 0 Å². The lowest BCUT2D eigenvalue weighted by Crippen LogP contribution is -2.08. The third kappa shape index (κ3) is 7.06. The quantitative estimate of drug-likeness (QED) is 0.612. The van der Waals surface area contributed by atoms with Gasteiger partial charge in [-0.3, -0.25) is 0 Å². The van der Waals surface area contributed by atoms with Crippen LogP contribution in [0.2, 0.25) is 0 Å². The van der Waals surface area contributed by atoms with Crippen LogP contribution < -0.4 is 0 Å². The summed E-state index contributed by atoms with van der Waals surface area (Å²) < 4.78 is 0. The SMILES string of the molecule is CCCC[C@@H](CC)CC[C@@H](O)CC. The minimum Gasteiger partial charge on any atom is -0.393 e. The Bertz CT molecular complexity index is 101. The molecule has 2 atom stereocenters. The Balaban J connectivity index is 3.46. The standard InChI is InChI=1S/C12H26O/c1-4-7-8-11(5-2)9-10-12(13)6-3/h11-13H,4-10H2,1-3H3/t11-,12+/m1/s1. The van der Waals surface area contributed by atoms with Gasteiger partial charge < -0.3 is 5.11 Å². The Hall–Kier alpha value is -0.0400. The van der Waals surface area contributed by atoms with Gasteiger partial charge in [0.1, 0.15) is 0 Å². The van der Waals surface area contributed by atoms with E-state index in [2.05, 4.69) is 20.8 Å². The summed E-state index contributed by atoms with van der Waals surface area (Å²) in [6, 6.07) is 0. The molecule has 80 valence electrons. The smallest absolute Gasteiger partial charge is 0.0537 e. The van der Waals surface area contributed by atoms with E-state index in [1.165, 1.54) is 32.1 Å². The normalized spacial score (nSPS) is 15.7. The zero-order chi connectivity index (χ0) is 10.1. The average molecular weight is 186 g/mol. The van der Waals surface area contributed by atoms with Crippen LogP contribution in [0, 0.1) is 5.92 Å². The first-order valence-electron chi connectivity index (χ1n) is 5.92. The van der Waals surface area contributed by atoms with Gasteiger partial charge in [0, 0.05) is 0 Å². The van der Waals surface area contributed by atoms with Gasteiger partial charge in [-0.2, -0.15) is 0 Å². The molecule has 0 aliphatic carbocycles. The second kappa shape index (κ2) is 8.55. The molecule has 0 aromatic heterocycles. The fourth-order valence-corrected chi connectivity index (χ4v) is 1.68. The van der Waals surface area contributed by atoms with Crippen molar-refractivity contribution in [2.45, 2.75) is 71.8 Å². The zero-order valence-electron chi connectivity index (χ0n) is 9.55. The summed E-state index contributed by atoms with van der Waals surface area (Å²) in [4.78, 5) is 0. The van der Waals surface area contributed by atoms with Crippen LogP contribution in [0.5, 0.6) is 0 Å². The maximum atomic E-state index is 9.43. The van der Waals surface area contributed by atoms with Crippen molar-refractivity contribution in [3.63, 3.8) is 0 Å². The molecule has 13 heavy (non-hydrogen) atoms. The number of hydrogen-bond acceptors (Lipinski definition) is 1. The molecule has 0 amide bonds. The molecule has 0 aromatic rings. The van der Waals surface area contributed by atoms with Crippen LogP contribution in [0.15, 0.2) is 0 Å². The predicted molar refractivity (Wildman–Crippen MR) is 58.8 cm³/mol. The molecule has 0 fully saturated rings. The van der Waals surface area contributed by atoms with Crippen LogP contribution in [0.4, 0.5) is 0 Å². The number of hydrogen-bond donors (Lipinski definition) is 1. The van der Waals surface area contributed by atoms with Gasteiger partial charge in [-0.1, -0.05) is 46.5 Å². The topological polar surface area (TPSA) is 20.2 Å². The summed E-state index contributed by atoms with van der Waals surface area (Å²) in [6.45, 7) is 6.56. The Morgan fingerprint density at radius 3 is 2.08 bits per heavy atom. The van der Waals surface area contributed by atoms with Gasteiger partial charge in [-0.05, 0) is 25.2 Å². The van der Waals surface area contributed by atoms with Gasteiger partial charge in [0.05, 0.1) is 6.10 Å². The lowest BCUT2D eigenvalue weighted by molar-refractivity contribution is 0.148. The molecule has 0 radical (unpaired) electrons. The maximum Gasteiger partial charge on any atom is 0.0537 e. The minimum atomic E-state index is -0.0596. The maximum absolute atomic E-state index is 9.43. The fraction of sp³-hybridized carbons (Fsp3) is 1.00. The highest BCUT2D eigenvalue weighted by Gasteiger charge is 2.08. The lowest BCUT2D eigenvalue weighted by Gasteiger charge is -2.15. The predicted octanol–water partition coefficient (Wildman–Crippen LogP) is 3.75. The van der Waals surface area contributed by atoms with Gasteiger partial charge in [0.15, 0.2) is 0 Å². The van der Waals surface area contributed by atoms with E-state index in [1.807, 2.05) is 0 Å². The molecule has 0 spiro atoms. The Kier molecular flexibility index (Phi) is 8.53. The van der Waals surface area contributed by atoms with Crippen molar-refractivity contribution in [2.24, 2.45) is 5.92 Å². The largest absolute Gasteiger partial charge is 0.393 e. The summed E-state index contributed by atoms with van der Waals surface area (Å²) in [7, 11) is 0. The first-order valence-corrected chi connectivity index (χ1v) is 5.92. The van der Waals surface area contributed by atoms with Gasteiger partial charge in [0.2, 0.25) is 0 Å². The van der Waals surface area contributed by atoms with Gasteiger partial charge in [-0.15, -0.1) is 0 Å². The van der Waals surface area contributed by atoms with Crippen molar-refractivity contribution in [3.05, 3.63) is 0 Å². The molecular weight excluding hydrogens is 160 g/mol. The van der Waals surface area contributed by atoms with Crippen LogP contribution in [-0.4, -0.2) is 11.2 Å². The first kappa shape index (κ1) is 13.0. The number of aliphatic hydroxyl groups excluding tert-OH is 1. The van der Waals surface area contributed by atoms with Crippen LogP contribution in [0.1, 0.15) is 65.7 Å². The van der Waals surface area contributed by atoms with E-state index in [1.54, 1.807) is 0 Å². The van der Waals surface area contributed by atoms with Crippen molar-refractivity contribution in [2.75, 3.05) is 0 Å². The number of aliphatic hydroxyl groups is 1. The molecule has 0 aliphatic rings. The third-order valence-electron chi connectivity index (χ3n) is 2.92. The molecule has 1 N–H and O–H groups in total. The van der Waals surface area contributed by atoms with Gasteiger partial charge in [-0.25, -0.2) is 0 Å². The molecule has 1 heteroatoms. The molecule has 0 aliphatic heterocycles. The van der Waals surface area contributed by atoms with Crippen LogP contribution >= 0.6 is 0 Å². The van der Waals surface area contributed by atoms with Crippen LogP contribution in [-0.2, 0) is 0 Å². The number of unbranched alkanes of at least 4 members (excludes halogenated alkanes) is 1. The second-order valence-electron chi connectivity index (χ2n) is 4.06. The first-order chi connectivity index (χ1) is 6.24.